The monoisotopic (exact) mass is 443 g/mol. The van der Waals surface area contributed by atoms with Crippen LogP contribution < -0.4 is 10.6 Å². The predicted molar refractivity (Wildman–Crippen MR) is 134 cm³/mol. The SMILES string of the molecule is Cc1cc(C)c(NC(=O)CN(C)C(C)C(=O)NC(c2ccccc2)c2ccccc2)c(C)c1. The Labute approximate surface area is 196 Å². The van der Waals surface area contributed by atoms with Crippen molar-refractivity contribution in [3.05, 3.63) is 101 Å². The summed E-state index contributed by atoms with van der Waals surface area (Å²) in [7, 11) is 1.79. The van der Waals surface area contributed by atoms with Gasteiger partial charge in [-0.15, -0.1) is 0 Å². The molecule has 5 nitrogen and oxygen atoms in total. The molecular formula is C28H33N3O2. The molecule has 2 amide bonds. The molecule has 0 heterocycles. The standard InChI is InChI=1S/C28H33N3O2/c1-19-16-20(2)26(21(3)17-19)29-25(32)18-31(5)22(4)28(33)30-27(23-12-8-6-9-13-23)24-14-10-7-11-15-24/h6-17,22,27H,18H2,1-5H3,(H,29,32)(H,30,33). The minimum Gasteiger partial charge on any atom is -0.344 e. The molecule has 3 aromatic carbocycles. The number of carbonyl (C=O) groups excluding carboxylic acids is 2. The maximum Gasteiger partial charge on any atom is 0.238 e. The van der Waals surface area contributed by atoms with Gasteiger partial charge in [0.25, 0.3) is 0 Å². The van der Waals surface area contributed by atoms with Gasteiger partial charge in [-0.25, -0.2) is 0 Å². The van der Waals surface area contributed by atoms with Crippen LogP contribution in [-0.4, -0.2) is 36.3 Å². The van der Waals surface area contributed by atoms with Gasteiger partial charge in [-0.05, 0) is 57.0 Å². The summed E-state index contributed by atoms with van der Waals surface area (Å²) in [5.41, 5.74) is 6.08. The highest BCUT2D eigenvalue weighted by Crippen LogP contribution is 2.23. The summed E-state index contributed by atoms with van der Waals surface area (Å²) >= 11 is 0. The lowest BCUT2D eigenvalue weighted by Crippen LogP contribution is -2.47. The second-order valence-electron chi connectivity index (χ2n) is 8.68. The first-order valence-electron chi connectivity index (χ1n) is 11.2. The molecule has 0 fully saturated rings. The van der Waals surface area contributed by atoms with Gasteiger partial charge in [0.15, 0.2) is 0 Å². The van der Waals surface area contributed by atoms with Crippen LogP contribution in [-0.2, 0) is 9.59 Å². The van der Waals surface area contributed by atoms with E-state index in [0.717, 1.165) is 33.5 Å². The average Bonchev–Trinajstić information content (AvgIpc) is 2.80. The second kappa shape index (κ2) is 10.9. The van der Waals surface area contributed by atoms with Crippen LogP contribution in [0.5, 0.6) is 0 Å². The van der Waals surface area contributed by atoms with Crippen LogP contribution in [0.4, 0.5) is 5.69 Å². The van der Waals surface area contributed by atoms with E-state index in [0.29, 0.717) is 0 Å². The second-order valence-corrected chi connectivity index (χ2v) is 8.68. The summed E-state index contributed by atoms with van der Waals surface area (Å²) in [6.45, 7) is 7.95. The van der Waals surface area contributed by atoms with Crippen molar-refractivity contribution in [3.8, 4) is 0 Å². The lowest BCUT2D eigenvalue weighted by molar-refractivity contribution is -0.127. The van der Waals surface area contributed by atoms with Crippen molar-refractivity contribution < 1.29 is 9.59 Å². The van der Waals surface area contributed by atoms with Crippen molar-refractivity contribution >= 4 is 17.5 Å². The van der Waals surface area contributed by atoms with E-state index in [9.17, 15) is 9.59 Å². The van der Waals surface area contributed by atoms with Gasteiger partial charge in [-0.3, -0.25) is 14.5 Å². The summed E-state index contributed by atoms with van der Waals surface area (Å²) < 4.78 is 0. The van der Waals surface area contributed by atoms with Gasteiger partial charge >= 0.3 is 0 Å². The molecule has 0 spiro atoms. The lowest BCUT2D eigenvalue weighted by Gasteiger charge is -2.27. The van der Waals surface area contributed by atoms with Crippen molar-refractivity contribution in [2.75, 3.05) is 18.9 Å². The molecule has 172 valence electrons. The Balaban J connectivity index is 1.67. The Morgan fingerprint density at radius 3 is 1.82 bits per heavy atom. The van der Waals surface area contributed by atoms with Gasteiger partial charge in [0.1, 0.15) is 0 Å². The highest BCUT2D eigenvalue weighted by molar-refractivity contribution is 5.94. The zero-order valence-electron chi connectivity index (χ0n) is 20.1. The third kappa shape index (κ3) is 6.30. The highest BCUT2D eigenvalue weighted by Gasteiger charge is 2.24. The molecule has 3 rings (SSSR count). The number of anilines is 1. The normalized spacial score (nSPS) is 12.0. The molecule has 5 heteroatoms. The third-order valence-electron chi connectivity index (χ3n) is 5.93. The molecule has 1 unspecified atom stereocenters. The zero-order valence-corrected chi connectivity index (χ0v) is 20.1. The number of hydrogen-bond acceptors (Lipinski definition) is 3. The Morgan fingerprint density at radius 2 is 1.33 bits per heavy atom. The predicted octanol–water partition coefficient (Wildman–Crippen LogP) is 4.78. The number of amides is 2. The van der Waals surface area contributed by atoms with Crippen LogP contribution in [0.2, 0.25) is 0 Å². The van der Waals surface area contributed by atoms with Crippen molar-refractivity contribution in [2.24, 2.45) is 0 Å². The molecule has 33 heavy (non-hydrogen) atoms. The molecule has 0 radical (unpaired) electrons. The number of likely N-dealkylation sites (N-methyl/N-ethyl adjacent to an activating group) is 1. The minimum atomic E-state index is -0.481. The number of nitrogens with one attached hydrogen (secondary N) is 2. The molecule has 0 aliphatic carbocycles. The summed E-state index contributed by atoms with van der Waals surface area (Å²) in [6, 6.07) is 23.2. The van der Waals surface area contributed by atoms with Gasteiger partial charge in [0.2, 0.25) is 11.8 Å². The summed E-state index contributed by atoms with van der Waals surface area (Å²) in [5, 5.41) is 6.18. The van der Waals surface area contributed by atoms with Crippen molar-refractivity contribution in [2.45, 2.75) is 39.8 Å². The van der Waals surface area contributed by atoms with E-state index >= 15 is 0 Å². The highest BCUT2D eigenvalue weighted by atomic mass is 16.2. The maximum absolute atomic E-state index is 13.1. The first-order valence-corrected chi connectivity index (χ1v) is 11.2. The largest absolute Gasteiger partial charge is 0.344 e. The molecule has 0 saturated carbocycles. The third-order valence-corrected chi connectivity index (χ3v) is 5.93. The van der Waals surface area contributed by atoms with E-state index in [2.05, 4.69) is 22.8 Å². The molecule has 0 bridgehead atoms. The van der Waals surface area contributed by atoms with E-state index in [4.69, 9.17) is 0 Å². The van der Waals surface area contributed by atoms with Gasteiger partial charge in [-0.1, -0.05) is 78.4 Å². The van der Waals surface area contributed by atoms with Crippen LogP contribution >= 0.6 is 0 Å². The fourth-order valence-corrected chi connectivity index (χ4v) is 4.03. The Bertz CT molecular complexity index is 1030. The first kappa shape index (κ1) is 24.2. The van der Waals surface area contributed by atoms with Crippen LogP contribution in [0, 0.1) is 20.8 Å². The van der Waals surface area contributed by atoms with Crippen LogP contribution in [0.15, 0.2) is 72.8 Å². The number of hydrogen-bond donors (Lipinski definition) is 2. The average molecular weight is 444 g/mol. The Morgan fingerprint density at radius 1 is 0.848 bits per heavy atom. The van der Waals surface area contributed by atoms with Gasteiger partial charge in [0, 0.05) is 5.69 Å². The Hall–Kier alpha value is -3.44. The van der Waals surface area contributed by atoms with Crippen molar-refractivity contribution in [1.82, 2.24) is 10.2 Å². The fraction of sp³-hybridized carbons (Fsp3) is 0.286. The number of rotatable bonds is 8. The summed E-state index contributed by atoms with van der Waals surface area (Å²) in [6.07, 6.45) is 0. The van der Waals surface area contributed by atoms with E-state index in [1.807, 2.05) is 88.4 Å². The molecule has 0 aliphatic rings. The molecule has 0 aliphatic heterocycles. The van der Waals surface area contributed by atoms with Gasteiger partial charge < -0.3 is 10.6 Å². The minimum absolute atomic E-state index is 0.114. The quantitative estimate of drug-likeness (QED) is 0.527. The first-order chi connectivity index (χ1) is 15.8. The van der Waals surface area contributed by atoms with Crippen LogP contribution in [0.25, 0.3) is 0 Å². The maximum atomic E-state index is 13.1. The zero-order chi connectivity index (χ0) is 24.0. The van der Waals surface area contributed by atoms with Gasteiger partial charge in [0.05, 0.1) is 18.6 Å². The number of nitrogens with zero attached hydrogens (tertiary/aromatic N) is 1. The van der Waals surface area contributed by atoms with E-state index in [1.54, 1.807) is 11.9 Å². The van der Waals surface area contributed by atoms with Crippen LogP contribution in [0.3, 0.4) is 0 Å². The molecule has 2 N–H and O–H groups in total. The molecule has 0 saturated heterocycles. The Kier molecular flexibility index (Phi) is 8.01. The van der Waals surface area contributed by atoms with E-state index in [1.165, 1.54) is 0 Å². The number of benzene rings is 3. The van der Waals surface area contributed by atoms with Crippen molar-refractivity contribution in [3.63, 3.8) is 0 Å². The smallest absolute Gasteiger partial charge is 0.238 e. The van der Waals surface area contributed by atoms with E-state index in [-0.39, 0.29) is 24.4 Å². The van der Waals surface area contributed by atoms with Crippen LogP contribution in [0.1, 0.15) is 40.8 Å². The molecule has 0 aromatic heterocycles. The fourth-order valence-electron chi connectivity index (χ4n) is 4.03. The van der Waals surface area contributed by atoms with Gasteiger partial charge in [-0.2, -0.15) is 0 Å². The lowest BCUT2D eigenvalue weighted by atomic mass is 9.98. The summed E-state index contributed by atoms with van der Waals surface area (Å²) in [4.78, 5) is 27.6. The number of aryl methyl sites for hydroxylation is 3. The van der Waals surface area contributed by atoms with Crippen molar-refractivity contribution in [1.29, 1.82) is 0 Å². The number of carbonyl (C=O) groups is 2. The molecule has 1 atom stereocenters. The van der Waals surface area contributed by atoms with E-state index < -0.39 is 6.04 Å². The summed E-state index contributed by atoms with van der Waals surface area (Å²) in [5.74, 6) is -0.277. The molecular weight excluding hydrogens is 410 g/mol. The topological polar surface area (TPSA) is 61.4 Å². The molecule has 3 aromatic rings.